The fourth-order valence-electron chi connectivity index (χ4n) is 3.98. The minimum absolute atomic E-state index is 0. The number of benzene rings is 1. The highest BCUT2D eigenvalue weighted by Crippen LogP contribution is 2.47. The molecule has 20 heavy (non-hydrogen) atoms. The Morgan fingerprint density at radius 3 is 2.45 bits per heavy atom. The van der Waals surface area contributed by atoms with E-state index in [0.717, 1.165) is 19.3 Å². The Balaban J connectivity index is 0.00000147. The van der Waals surface area contributed by atoms with Gasteiger partial charge in [-0.3, -0.25) is 0 Å². The van der Waals surface area contributed by atoms with Gasteiger partial charge in [0.25, 0.3) is 0 Å². The van der Waals surface area contributed by atoms with Crippen molar-refractivity contribution in [2.75, 3.05) is 14.1 Å². The second-order valence-corrected chi connectivity index (χ2v) is 6.85. The number of likely N-dealkylation sites (N-methyl/N-ethyl adjacent to an activating group) is 1. The van der Waals surface area contributed by atoms with Crippen molar-refractivity contribution in [3.8, 4) is 0 Å². The van der Waals surface area contributed by atoms with Crippen LogP contribution in [0.2, 0.25) is 10.0 Å². The molecule has 0 heterocycles. The number of aliphatic hydroxyl groups is 1. The summed E-state index contributed by atoms with van der Waals surface area (Å²) in [5, 5.41) is 11.6. The predicted octanol–water partition coefficient (Wildman–Crippen LogP) is 3.76. The van der Waals surface area contributed by atoms with Crippen LogP contribution in [0.1, 0.15) is 29.9 Å². The molecule has 4 atom stereocenters. The van der Waals surface area contributed by atoms with Crippen molar-refractivity contribution < 1.29 is 5.11 Å². The van der Waals surface area contributed by atoms with Gasteiger partial charge in [-0.15, -0.1) is 12.4 Å². The van der Waals surface area contributed by atoms with Gasteiger partial charge < -0.3 is 10.0 Å². The van der Waals surface area contributed by atoms with Crippen LogP contribution in [0.4, 0.5) is 0 Å². The van der Waals surface area contributed by atoms with Gasteiger partial charge in [0.15, 0.2) is 0 Å². The molecular weight excluding hydrogens is 317 g/mol. The zero-order chi connectivity index (χ0) is 13.7. The maximum Gasteiger partial charge on any atom is 0.0595 e. The highest BCUT2D eigenvalue weighted by molar-refractivity contribution is 6.42. The Hall–Kier alpha value is 0.01000. The molecule has 2 nitrogen and oxygen atoms in total. The first kappa shape index (κ1) is 16.4. The highest BCUT2D eigenvalue weighted by Gasteiger charge is 2.44. The van der Waals surface area contributed by atoms with Gasteiger partial charge in [0.05, 0.1) is 16.1 Å². The van der Waals surface area contributed by atoms with Crippen LogP contribution in [0.15, 0.2) is 12.1 Å². The number of rotatable bonds is 1. The smallest absolute Gasteiger partial charge is 0.0595 e. The number of halogens is 3. The third-order valence-corrected chi connectivity index (χ3v) is 5.47. The summed E-state index contributed by atoms with van der Waals surface area (Å²) in [5.41, 5.74) is 2.59. The highest BCUT2D eigenvalue weighted by atomic mass is 35.5. The Morgan fingerprint density at radius 2 is 1.80 bits per heavy atom. The zero-order valence-electron chi connectivity index (χ0n) is 11.6. The average molecular weight is 337 g/mol. The topological polar surface area (TPSA) is 23.5 Å². The fraction of sp³-hybridized carbons (Fsp3) is 0.600. The van der Waals surface area contributed by atoms with Crippen LogP contribution in [0, 0.1) is 5.92 Å². The second-order valence-electron chi connectivity index (χ2n) is 6.04. The van der Waals surface area contributed by atoms with Crippen LogP contribution >= 0.6 is 35.6 Å². The summed E-state index contributed by atoms with van der Waals surface area (Å²) in [4.78, 5) is 2.25. The van der Waals surface area contributed by atoms with Crippen LogP contribution in [0.3, 0.4) is 0 Å². The maximum atomic E-state index is 10.3. The normalized spacial score (nSPS) is 31.7. The molecule has 0 saturated heterocycles. The van der Waals surface area contributed by atoms with E-state index < -0.39 is 0 Å². The first-order valence-electron chi connectivity index (χ1n) is 6.81. The van der Waals surface area contributed by atoms with E-state index in [1.807, 2.05) is 12.1 Å². The van der Waals surface area contributed by atoms with Crippen molar-refractivity contribution in [3.05, 3.63) is 33.3 Å². The molecule has 3 rings (SSSR count). The molecule has 0 unspecified atom stereocenters. The van der Waals surface area contributed by atoms with Crippen LogP contribution in [-0.2, 0) is 6.42 Å². The lowest BCUT2D eigenvalue weighted by Crippen LogP contribution is -2.52. The van der Waals surface area contributed by atoms with Crippen molar-refractivity contribution in [1.29, 1.82) is 0 Å². The van der Waals surface area contributed by atoms with Gasteiger partial charge in [0.1, 0.15) is 0 Å². The van der Waals surface area contributed by atoms with E-state index >= 15 is 0 Å². The van der Waals surface area contributed by atoms with Gasteiger partial charge in [-0.2, -0.15) is 0 Å². The summed E-state index contributed by atoms with van der Waals surface area (Å²) in [6.07, 6.45) is 2.60. The fourth-order valence-corrected chi connectivity index (χ4v) is 4.34. The lowest BCUT2D eigenvalue weighted by Gasteiger charge is -2.49. The van der Waals surface area contributed by atoms with E-state index in [2.05, 4.69) is 19.0 Å². The number of fused-ring (bicyclic) bond motifs is 4. The molecule has 1 aromatic rings. The molecule has 1 N–H and O–H groups in total. The Kier molecular flexibility index (Phi) is 4.93. The molecular formula is C15H20Cl3NO. The van der Waals surface area contributed by atoms with Crippen molar-refractivity contribution >= 4 is 35.6 Å². The van der Waals surface area contributed by atoms with E-state index in [4.69, 9.17) is 23.2 Å². The van der Waals surface area contributed by atoms with E-state index in [-0.39, 0.29) is 18.5 Å². The molecule has 0 aliphatic heterocycles. The molecule has 2 aliphatic rings. The molecule has 5 heteroatoms. The zero-order valence-corrected chi connectivity index (χ0v) is 14.0. The first-order chi connectivity index (χ1) is 8.99. The van der Waals surface area contributed by atoms with Crippen molar-refractivity contribution in [1.82, 2.24) is 4.90 Å². The minimum Gasteiger partial charge on any atom is -0.393 e. The lowest BCUT2D eigenvalue weighted by molar-refractivity contribution is -0.00214. The molecule has 0 amide bonds. The van der Waals surface area contributed by atoms with Gasteiger partial charge in [0.2, 0.25) is 0 Å². The summed E-state index contributed by atoms with van der Waals surface area (Å²) in [6.45, 7) is 0. The number of hydrogen-bond acceptors (Lipinski definition) is 2. The van der Waals surface area contributed by atoms with Crippen LogP contribution in [0.25, 0.3) is 0 Å². The third kappa shape index (κ3) is 2.57. The molecule has 112 valence electrons. The van der Waals surface area contributed by atoms with Gasteiger partial charge in [-0.25, -0.2) is 0 Å². The van der Waals surface area contributed by atoms with Crippen LogP contribution in [-0.4, -0.2) is 36.2 Å². The van der Waals surface area contributed by atoms with Crippen LogP contribution in [0.5, 0.6) is 0 Å². The van der Waals surface area contributed by atoms with Crippen molar-refractivity contribution in [3.63, 3.8) is 0 Å². The van der Waals surface area contributed by atoms with Gasteiger partial charge in [-0.1, -0.05) is 23.2 Å². The van der Waals surface area contributed by atoms with E-state index in [1.54, 1.807) is 0 Å². The molecule has 1 saturated carbocycles. The molecule has 0 radical (unpaired) electrons. The Bertz CT molecular complexity index is 506. The van der Waals surface area contributed by atoms with Crippen molar-refractivity contribution in [2.24, 2.45) is 5.92 Å². The lowest BCUT2D eigenvalue weighted by atomic mass is 9.64. The van der Waals surface area contributed by atoms with E-state index in [9.17, 15) is 5.11 Å². The largest absolute Gasteiger partial charge is 0.393 e. The minimum atomic E-state index is -0.203. The van der Waals surface area contributed by atoms with E-state index in [0.29, 0.717) is 27.9 Å². The monoisotopic (exact) mass is 335 g/mol. The summed E-state index contributed by atoms with van der Waals surface area (Å²) < 4.78 is 0. The molecule has 2 bridgehead atoms. The van der Waals surface area contributed by atoms with Gasteiger partial charge in [0, 0.05) is 17.9 Å². The summed E-state index contributed by atoms with van der Waals surface area (Å²) in [6, 6.07) is 4.42. The number of nitrogens with zero attached hydrogens (tertiary/aromatic N) is 1. The number of hydrogen-bond donors (Lipinski definition) is 1. The second kappa shape index (κ2) is 6.02. The average Bonchev–Trinajstić information content (AvgIpc) is 2.35. The first-order valence-corrected chi connectivity index (χ1v) is 7.57. The van der Waals surface area contributed by atoms with Gasteiger partial charge >= 0.3 is 0 Å². The Labute approximate surface area is 136 Å². The Morgan fingerprint density at radius 1 is 1.15 bits per heavy atom. The summed E-state index contributed by atoms with van der Waals surface area (Å²) in [5.74, 6) is 0.764. The molecule has 0 spiro atoms. The SMILES string of the molecule is CN(C)[C@@H]1[C@H]2Cc3cc(Cl)c(Cl)cc3[C@@H]1CC[C@H]2O.Cl. The molecule has 1 fully saturated rings. The van der Waals surface area contributed by atoms with Crippen LogP contribution < -0.4 is 0 Å². The molecule has 2 aliphatic carbocycles. The van der Waals surface area contributed by atoms with Gasteiger partial charge in [-0.05, 0) is 56.6 Å². The predicted molar refractivity (Wildman–Crippen MR) is 86.4 cm³/mol. The van der Waals surface area contributed by atoms with E-state index in [1.165, 1.54) is 11.1 Å². The third-order valence-electron chi connectivity index (χ3n) is 4.75. The summed E-state index contributed by atoms with van der Waals surface area (Å²) >= 11 is 12.3. The summed E-state index contributed by atoms with van der Waals surface area (Å²) in [7, 11) is 4.20. The molecule has 0 aromatic heterocycles. The maximum absolute atomic E-state index is 10.3. The number of aliphatic hydroxyl groups excluding tert-OH is 1. The standard InChI is InChI=1S/C15H19Cl2NO.ClH/c1-18(2)15-9-3-4-14(19)11(15)5-8-6-12(16)13(17)7-10(8)9;/h6-7,9,11,14-15,19H,3-5H2,1-2H3;1H/t9-,11-,14+,15-;/m0./s1. The molecule has 1 aromatic carbocycles. The quantitative estimate of drug-likeness (QED) is 0.844. The van der Waals surface area contributed by atoms with Crippen molar-refractivity contribution in [2.45, 2.75) is 37.3 Å².